The van der Waals surface area contributed by atoms with E-state index in [2.05, 4.69) is 0 Å². The van der Waals surface area contributed by atoms with E-state index in [4.69, 9.17) is 39.1 Å². The fraction of sp³-hybridized carbons (Fsp3) is 0.133. The van der Waals surface area contributed by atoms with Crippen LogP contribution in [0.2, 0.25) is 10.0 Å². The van der Waals surface area contributed by atoms with E-state index in [1.54, 1.807) is 24.3 Å². The van der Waals surface area contributed by atoms with E-state index < -0.39 is 0 Å². The molecule has 0 aliphatic heterocycles. The molecule has 0 aliphatic carbocycles. The summed E-state index contributed by atoms with van der Waals surface area (Å²) in [5, 5.41) is 8.48. The molecule has 3 N–H and O–H groups in total. The summed E-state index contributed by atoms with van der Waals surface area (Å²) in [5.74, 6) is 0.680. The molecule has 0 fully saturated rings. The van der Waals surface area contributed by atoms with E-state index in [-0.39, 0.29) is 5.84 Å². The Morgan fingerprint density at radius 1 is 1.15 bits per heavy atom. The Labute approximate surface area is 127 Å². The lowest BCUT2D eigenvalue weighted by atomic mass is 10.1. The minimum Gasteiger partial charge on any atom is -0.489 e. The summed E-state index contributed by atoms with van der Waals surface area (Å²) in [6, 6.07) is 10.7. The maximum atomic E-state index is 7.40. The molecule has 104 valence electrons. The first-order chi connectivity index (χ1) is 9.45. The summed E-state index contributed by atoms with van der Waals surface area (Å²) in [7, 11) is 0. The SMILES string of the molecule is Cc1cc(C(=N)N)ccc1COc1cc(Cl)cc(Cl)c1. The van der Waals surface area contributed by atoms with E-state index in [0.717, 1.165) is 11.1 Å². The molecule has 2 aromatic rings. The second-order valence-electron chi connectivity index (χ2n) is 4.45. The molecular weight excluding hydrogens is 295 g/mol. The minimum atomic E-state index is 0.0576. The van der Waals surface area contributed by atoms with Crippen LogP contribution in [0.4, 0.5) is 0 Å². The van der Waals surface area contributed by atoms with Crippen molar-refractivity contribution < 1.29 is 4.74 Å². The number of halogens is 2. The maximum Gasteiger partial charge on any atom is 0.122 e. The fourth-order valence-corrected chi connectivity index (χ4v) is 2.30. The van der Waals surface area contributed by atoms with Crippen LogP contribution in [0.1, 0.15) is 16.7 Å². The van der Waals surface area contributed by atoms with Crippen LogP contribution in [0.25, 0.3) is 0 Å². The summed E-state index contributed by atoms with van der Waals surface area (Å²) in [5.41, 5.74) is 8.20. The lowest BCUT2D eigenvalue weighted by Gasteiger charge is -2.10. The van der Waals surface area contributed by atoms with Gasteiger partial charge in [-0.3, -0.25) is 5.41 Å². The number of nitrogens with one attached hydrogen (secondary N) is 1. The van der Waals surface area contributed by atoms with Crippen molar-refractivity contribution in [3.05, 3.63) is 63.1 Å². The molecule has 5 heteroatoms. The van der Waals surface area contributed by atoms with E-state index in [1.807, 2.05) is 19.1 Å². The number of hydrogen-bond donors (Lipinski definition) is 2. The largest absolute Gasteiger partial charge is 0.489 e. The molecule has 0 atom stereocenters. The number of ether oxygens (including phenoxy) is 1. The topological polar surface area (TPSA) is 59.1 Å². The third kappa shape index (κ3) is 3.65. The van der Waals surface area contributed by atoms with E-state index in [1.165, 1.54) is 0 Å². The normalized spacial score (nSPS) is 10.3. The Hall–Kier alpha value is -1.71. The van der Waals surface area contributed by atoms with Crippen LogP contribution in [0.15, 0.2) is 36.4 Å². The van der Waals surface area contributed by atoms with Gasteiger partial charge in [0.2, 0.25) is 0 Å². The number of amidine groups is 1. The number of hydrogen-bond acceptors (Lipinski definition) is 2. The summed E-state index contributed by atoms with van der Waals surface area (Å²) < 4.78 is 5.68. The molecule has 0 amide bonds. The smallest absolute Gasteiger partial charge is 0.122 e. The lowest BCUT2D eigenvalue weighted by Crippen LogP contribution is -2.11. The monoisotopic (exact) mass is 308 g/mol. The summed E-state index contributed by atoms with van der Waals surface area (Å²) in [6.45, 7) is 2.36. The average Bonchev–Trinajstić information content (AvgIpc) is 2.36. The van der Waals surface area contributed by atoms with Crippen molar-refractivity contribution in [3.8, 4) is 5.75 Å². The highest BCUT2D eigenvalue weighted by Gasteiger charge is 2.04. The molecule has 3 nitrogen and oxygen atoms in total. The van der Waals surface area contributed by atoms with Crippen molar-refractivity contribution in [3.63, 3.8) is 0 Å². The highest BCUT2D eigenvalue weighted by atomic mass is 35.5. The highest BCUT2D eigenvalue weighted by molar-refractivity contribution is 6.34. The Morgan fingerprint density at radius 3 is 2.35 bits per heavy atom. The number of nitrogen functional groups attached to an aromatic ring is 1. The number of nitrogens with two attached hydrogens (primary N) is 1. The molecule has 0 heterocycles. The molecule has 0 aromatic heterocycles. The Morgan fingerprint density at radius 2 is 1.80 bits per heavy atom. The number of benzene rings is 2. The second-order valence-corrected chi connectivity index (χ2v) is 5.32. The van der Waals surface area contributed by atoms with Crippen molar-refractivity contribution >= 4 is 29.0 Å². The van der Waals surface area contributed by atoms with E-state index in [0.29, 0.717) is 28.0 Å². The molecule has 0 saturated carbocycles. The average molecular weight is 309 g/mol. The Kier molecular flexibility index (Phi) is 4.53. The minimum absolute atomic E-state index is 0.0576. The fourth-order valence-electron chi connectivity index (χ4n) is 1.80. The third-order valence-corrected chi connectivity index (χ3v) is 3.32. The van der Waals surface area contributed by atoms with Gasteiger partial charge in [-0.2, -0.15) is 0 Å². The van der Waals surface area contributed by atoms with Gasteiger partial charge in [-0.1, -0.05) is 35.3 Å². The predicted octanol–water partition coefficient (Wildman–Crippen LogP) is 4.16. The molecule has 0 spiro atoms. The van der Waals surface area contributed by atoms with Gasteiger partial charge >= 0.3 is 0 Å². The maximum absolute atomic E-state index is 7.40. The summed E-state index contributed by atoms with van der Waals surface area (Å²) >= 11 is 11.8. The van der Waals surface area contributed by atoms with Crippen LogP contribution < -0.4 is 10.5 Å². The molecule has 2 rings (SSSR count). The van der Waals surface area contributed by atoms with Crippen LogP contribution in [-0.4, -0.2) is 5.84 Å². The van der Waals surface area contributed by atoms with Crippen molar-refractivity contribution in [2.45, 2.75) is 13.5 Å². The van der Waals surface area contributed by atoms with Gasteiger partial charge in [0, 0.05) is 15.6 Å². The van der Waals surface area contributed by atoms with Gasteiger partial charge in [-0.15, -0.1) is 0 Å². The van der Waals surface area contributed by atoms with Gasteiger partial charge in [0.25, 0.3) is 0 Å². The van der Waals surface area contributed by atoms with Crippen LogP contribution in [-0.2, 0) is 6.61 Å². The van der Waals surface area contributed by atoms with Gasteiger partial charge in [0.05, 0.1) is 0 Å². The molecule has 0 bridgehead atoms. The molecule has 0 unspecified atom stereocenters. The van der Waals surface area contributed by atoms with Gasteiger partial charge in [0.1, 0.15) is 18.2 Å². The van der Waals surface area contributed by atoms with Crippen molar-refractivity contribution in [1.29, 1.82) is 5.41 Å². The molecule has 0 radical (unpaired) electrons. The van der Waals surface area contributed by atoms with Crippen LogP contribution in [0, 0.1) is 12.3 Å². The predicted molar refractivity (Wildman–Crippen MR) is 83.0 cm³/mol. The molecule has 0 saturated heterocycles. The van der Waals surface area contributed by atoms with Gasteiger partial charge in [-0.25, -0.2) is 0 Å². The second kappa shape index (κ2) is 6.16. The van der Waals surface area contributed by atoms with Gasteiger partial charge in [-0.05, 0) is 42.3 Å². The Bertz CT molecular complexity index is 636. The number of rotatable bonds is 4. The quantitative estimate of drug-likeness (QED) is 0.658. The first kappa shape index (κ1) is 14.7. The van der Waals surface area contributed by atoms with Crippen LogP contribution in [0.3, 0.4) is 0 Å². The highest BCUT2D eigenvalue weighted by Crippen LogP contribution is 2.25. The molecule has 20 heavy (non-hydrogen) atoms. The first-order valence-corrected chi connectivity index (χ1v) is 6.74. The lowest BCUT2D eigenvalue weighted by molar-refractivity contribution is 0.305. The molecular formula is C15H14Cl2N2O. The zero-order valence-electron chi connectivity index (χ0n) is 10.9. The molecule has 0 aliphatic rings. The summed E-state index contributed by atoms with van der Waals surface area (Å²) in [6.07, 6.45) is 0. The van der Waals surface area contributed by atoms with Crippen molar-refractivity contribution in [2.75, 3.05) is 0 Å². The zero-order valence-corrected chi connectivity index (χ0v) is 12.4. The van der Waals surface area contributed by atoms with Crippen molar-refractivity contribution in [1.82, 2.24) is 0 Å². The van der Waals surface area contributed by atoms with Crippen LogP contribution >= 0.6 is 23.2 Å². The number of aryl methyl sites for hydroxylation is 1. The third-order valence-electron chi connectivity index (χ3n) is 2.88. The van der Waals surface area contributed by atoms with E-state index in [9.17, 15) is 0 Å². The van der Waals surface area contributed by atoms with Crippen LogP contribution in [0.5, 0.6) is 5.75 Å². The van der Waals surface area contributed by atoms with Gasteiger partial charge in [0.15, 0.2) is 0 Å². The van der Waals surface area contributed by atoms with Crippen molar-refractivity contribution in [2.24, 2.45) is 5.73 Å². The molecule has 2 aromatic carbocycles. The zero-order chi connectivity index (χ0) is 14.7. The summed E-state index contributed by atoms with van der Waals surface area (Å²) in [4.78, 5) is 0. The Balaban J connectivity index is 2.12. The standard InChI is InChI=1S/C15H14Cl2N2O/c1-9-4-10(15(18)19)2-3-11(9)8-20-14-6-12(16)5-13(17)7-14/h2-7H,8H2,1H3,(H3,18,19). The first-order valence-electron chi connectivity index (χ1n) is 5.98. The van der Waals surface area contributed by atoms with E-state index >= 15 is 0 Å². The van der Waals surface area contributed by atoms with Gasteiger partial charge < -0.3 is 10.5 Å².